The minimum Gasteiger partial charge on any atom is -0.298 e. The van der Waals surface area contributed by atoms with E-state index in [1.807, 2.05) is 13.1 Å². The Morgan fingerprint density at radius 3 is 2.79 bits per heavy atom. The lowest BCUT2D eigenvalue weighted by molar-refractivity contribution is 0.344. The highest BCUT2D eigenvalue weighted by molar-refractivity contribution is 7.80. The Hall–Kier alpha value is -0.770. The van der Waals surface area contributed by atoms with E-state index in [0.717, 1.165) is 11.3 Å². The molecule has 0 aliphatic rings. The zero-order chi connectivity index (χ0) is 10.8. The molecule has 3 nitrogen and oxygen atoms in total. The first kappa shape index (κ1) is 11.3. The molecule has 0 unspecified atom stereocenters. The summed E-state index contributed by atoms with van der Waals surface area (Å²) < 4.78 is 1.64. The highest BCUT2D eigenvalue weighted by atomic mass is 32.1. The molecule has 0 radical (unpaired) electrons. The van der Waals surface area contributed by atoms with Crippen molar-refractivity contribution in [2.24, 2.45) is 5.41 Å². The topological polar surface area (TPSA) is 34.9 Å². The number of hydrogen-bond acceptors (Lipinski definition) is 3. The van der Waals surface area contributed by atoms with Crippen LogP contribution in [0.4, 0.5) is 0 Å². The zero-order valence-corrected chi connectivity index (χ0v) is 9.71. The van der Waals surface area contributed by atoms with Gasteiger partial charge in [-0.15, -0.1) is 0 Å². The van der Waals surface area contributed by atoms with Crippen molar-refractivity contribution >= 4 is 12.6 Å². The average Bonchev–Trinajstić information content (AvgIpc) is 2.11. The van der Waals surface area contributed by atoms with Gasteiger partial charge in [-0.05, 0) is 23.7 Å². The maximum Gasteiger partial charge on any atom is 0.347 e. The standard InChI is InChI=1S/C10H16N2OS/c1-8-4-11-9(13)12(5-8)6-10(2,3)7-14/h4-5,14H,6-7H2,1-3H3. The third-order valence-electron chi connectivity index (χ3n) is 2.01. The van der Waals surface area contributed by atoms with Crippen molar-refractivity contribution in [2.75, 3.05) is 5.75 Å². The molecule has 0 spiro atoms. The van der Waals surface area contributed by atoms with E-state index in [1.54, 1.807) is 10.8 Å². The summed E-state index contributed by atoms with van der Waals surface area (Å²) in [6, 6.07) is 0. The summed E-state index contributed by atoms with van der Waals surface area (Å²) in [6.45, 7) is 6.74. The summed E-state index contributed by atoms with van der Waals surface area (Å²) in [5.74, 6) is 0.743. The van der Waals surface area contributed by atoms with Crippen molar-refractivity contribution in [1.29, 1.82) is 0 Å². The van der Waals surface area contributed by atoms with E-state index in [4.69, 9.17) is 0 Å². The van der Waals surface area contributed by atoms with E-state index in [-0.39, 0.29) is 11.1 Å². The van der Waals surface area contributed by atoms with Crippen LogP contribution in [0.1, 0.15) is 19.4 Å². The Morgan fingerprint density at radius 1 is 1.57 bits per heavy atom. The molecule has 4 heteroatoms. The Balaban J connectivity index is 2.97. The van der Waals surface area contributed by atoms with E-state index in [0.29, 0.717) is 6.54 Å². The van der Waals surface area contributed by atoms with Crippen molar-refractivity contribution in [2.45, 2.75) is 27.3 Å². The van der Waals surface area contributed by atoms with Gasteiger partial charge in [0.1, 0.15) is 0 Å². The fourth-order valence-corrected chi connectivity index (χ4v) is 1.29. The molecule has 0 aromatic carbocycles. The third kappa shape index (κ3) is 2.87. The maximum atomic E-state index is 11.4. The quantitative estimate of drug-likeness (QED) is 0.771. The van der Waals surface area contributed by atoms with Gasteiger partial charge >= 0.3 is 5.69 Å². The predicted octanol–water partition coefficient (Wildman–Crippen LogP) is 1.51. The summed E-state index contributed by atoms with van der Waals surface area (Å²) in [7, 11) is 0. The molecule has 1 aromatic rings. The fraction of sp³-hybridized carbons (Fsp3) is 0.600. The second kappa shape index (κ2) is 4.17. The van der Waals surface area contributed by atoms with Gasteiger partial charge in [-0.2, -0.15) is 12.6 Å². The molecule has 0 N–H and O–H groups in total. The number of aromatic nitrogens is 2. The van der Waals surface area contributed by atoms with Crippen LogP contribution < -0.4 is 5.69 Å². The van der Waals surface area contributed by atoms with E-state index in [9.17, 15) is 4.79 Å². The van der Waals surface area contributed by atoms with Crippen LogP contribution in [0, 0.1) is 12.3 Å². The first-order valence-corrected chi connectivity index (χ1v) is 5.22. The monoisotopic (exact) mass is 212 g/mol. The first-order chi connectivity index (χ1) is 6.44. The molecular weight excluding hydrogens is 196 g/mol. The molecule has 0 saturated heterocycles. The Bertz CT molecular complexity index is 371. The van der Waals surface area contributed by atoms with Crippen LogP contribution in [-0.2, 0) is 6.54 Å². The predicted molar refractivity (Wildman–Crippen MR) is 60.9 cm³/mol. The summed E-state index contributed by atoms with van der Waals surface area (Å²) in [5.41, 5.74) is 0.826. The lowest BCUT2D eigenvalue weighted by atomic mass is 9.96. The minimum absolute atomic E-state index is 0.0163. The number of rotatable bonds is 3. The van der Waals surface area contributed by atoms with Crippen LogP contribution in [0.3, 0.4) is 0 Å². The number of hydrogen-bond donors (Lipinski definition) is 1. The minimum atomic E-state index is -0.189. The largest absolute Gasteiger partial charge is 0.347 e. The van der Waals surface area contributed by atoms with Crippen LogP contribution in [0.25, 0.3) is 0 Å². The summed E-state index contributed by atoms with van der Waals surface area (Å²) in [6.07, 6.45) is 3.42. The molecule has 1 heterocycles. The van der Waals surface area contributed by atoms with E-state index in [2.05, 4.69) is 31.5 Å². The van der Waals surface area contributed by atoms with Gasteiger partial charge in [0.15, 0.2) is 0 Å². The van der Waals surface area contributed by atoms with Crippen LogP contribution in [0.5, 0.6) is 0 Å². The van der Waals surface area contributed by atoms with Crippen molar-refractivity contribution in [1.82, 2.24) is 9.55 Å². The highest BCUT2D eigenvalue weighted by Gasteiger charge is 2.17. The summed E-state index contributed by atoms with van der Waals surface area (Å²) in [5, 5.41) is 0. The molecule has 1 rings (SSSR count). The van der Waals surface area contributed by atoms with Gasteiger partial charge in [-0.1, -0.05) is 13.8 Å². The highest BCUT2D eigenvalue weighted by Crippen LogP contribution is 2.18. The Labute approximate surface area is 89.6 Å². The fourth-order valence-electron chi connectivity index (χ4n) is 1.19. The lowest BCUT2D eigenvalue weighted by Gasteiger charge is -2.22. The van der Waals surface area contributed by atoms with Gasteiger partial charge in [0.05, 0.1) is 0 Å². The maximum absolute atomic E-state index is 11.4. The third-order valence-corrected chi connectivity index (χ3v) is 2.87. The first-order valence-electron chi connectivity index (χ1n) is 4.58. The zero-order valence-electron chi connectivity index (χ0n) is 8.82. The van der Waals surface area contributed by atoms with Crippen LogP contribution >= 0.6 is 12.6 Å². The van der Waals surface area contributed by atoms with Crippen molar-refractivity contribution < 1.29 is 0 Å². The SMILES string of the molecule is Cc1cnc(=O)n(CC(C)(C)CS)c1. The lowest BCUT2D eigenvalue weighted by Crippen LogP contribution is -2.30. The summed E-state index contributed by atoms with van der Waals surface area (Å²) in [4.78, 5) is 15.2. The molecular formula is C10H16N2OS. The molecule has 0 aliphatic carbocycles. The molecule has 0 fully saturated rings. The van der Waals surface area contributed by atoms with E-state index in [1.165, 1.54) is 0 Å². The van der Waals surface area contributed by atoms with Gasteiger partial charge in [-0.3, -0.25) is 4.57 Å². The number of thiol groups is 1. The van der Waals surface area contributed by atoms with E-state index >= 15 is 0 Å². The average molecular weight is 212 g/mol. The smallest absolute Gasteiger partial charge is 0.298 e. The molecule has 0 bridgehead atoms. The Kier molecular flexibility index (Phi) is 3.37. The van der Waals surface area contributed by atoms with Gasteiger partial charge < -0.3 is 0 Å². The normalized spacial score (nSPS) is 11.7. The molecule has 14 heavy (non-hydrogen) atoms. The molecule has 1 aromatic heterocycles. The van der Waals surface area contributed by atoms with E-state index < -0.39 is 0 Å². The second-order valence-corrected chi connectivity index (χ2v) is 4.68. The molecule has 0 saturated carbocycles. The second-order valence-electron chi connectivity index (χ2n) is 4.36. The van der Waals surface area contributed by atoms with Crippen molar-refractivity contribution in [3.8, 4) is 0 Å². The molecule has 0 aliphatic heterocycles. The van der Waals surface area contributed by atoms with Crippen molar-refractivity contribution in [3.05, 3.63) is 28.4 Å². The van der Waals surface area contributed by atoms with Crippen LogP contribution in [0.15, 0.2) is 17.2 Å². The van der Waals surface area contributed by atoms with Crippen molar-refractivity contribution in [3.63, 3.8) is 0 Å². The Morgan fingerprint density at radius 2 is 2.21 bits per heavy atom. The van der Waals surface area contributed by atoms with Gasteiger partial charge in [0.2, 0.25) is 0 Å². The molecule has 0 atom stereocenters. The van der Waals surface area contributed by atoms with Gasteiger partial charge in [-0.25, -0.2) is 9.78 Å². The number of nitrogens with zero attached hydrogens (tertiary/aromatic N) is 2. The summed E-state index contributed by atoms with van der Waals surface area (Å²) >= 11 is 4.26. The van der Waals surface area contributed by atoms with Gasteiger partial charge in [0, 0.05) is 18.9 Å². The van der Waals surface area contributed by atoms with Crippen LogP contribution in [0.2, 0.25) is 0 Å². The van der Waals surface area contributed by atoms with Crippen LogP contribution in [-0.4, -0.2) is 15.3 Å². The number of aryl methyl sites for hydroxylation is 1. The van der Waals surface area contributed by atoms with Gasteiger partial charge in [0.25, 0.3) is 0 Å². The molecule has 0 amide bonds. The molecule has 78 valence electrons.